The quantitative estimate of drug-likeness (QED) is 0.793. The summed E-state index contributed by atoms with van der Waals surface area (Å²) in [6, 6.07) is -0.103. The van der Waals surface area contributed by atoms with Gasteiger partial charge in [-0.25, -0.2) is 8.42 Å². The van der Waals surface area contributed by atoms with Crippen LogP contribution < -0.4 is 5.73 Å². The van der Waals surface area contributed by atoms with Crippen molar-refractivity contribution in [3.8, 4) is 0 Å². The van der Waals surface area contributed by atoms with E-state index in [1.165, 1.54) is 4.31 Å². The van der Waals surface area contributed by atoms with Gasteiger partial charge in [-0.05, 0) is 19.8 Å². The molecule has 2 N–H and O–H groups in total. The van der Waals surface area contributed by atoms with Gasteiger partial charge in [0.1, 0.15) is 0 Å². The highest BCUT2D eigenvalue weighted by Gasteiger charge is 2.34. The topological polar surface area (TPSA) is 72.6 Å². The van der Waals surface area contributed by atoms with E-state index in [1.54, 1.807) is 14.0 Å². The first-order valence-corrected chi connectivity index (χ1v) is 6.88. The summed E-state index contributed by atoms with van der Waals surface area (Å²) < 4.78 is 30.3. The van der Waals surface area contributed by atoms with Gasteiger partial charge >= 0.3 is 0 Å². The van der Waals surface area contributed by atoms with E-state index in [2.05, 4.69) is 0 Å². The summed E-state index contributed by atoms with van der Waals surface area (Å²) in [5.74, 6) is 0.140. The number of methoxy groups -OCH3 is 1. The number of nitrogens with zero attached hydrogens (tertiary/aromatic N) is 1. The summed E-state index contributed by atoms with van der Waals surface area (Å²) in [6.45, 7) is 2.54. The predicted octanol–water partition coefficient (Wildman–Crippen LogP) is 0.196. The van der Waals surface area contributed by atoms with Crippen molar-refractivity contribution in [2.45, 2.75) is 31.9 Å². The number of hydrogen-bond acceptors (Lipinski definition) is 4. The van der Waals surface area contributed by atoms with Crippen LogP contribution >= 0.6 is 12.4 Å². The second-order valence-electron chi connectivity index (χ2n) is 3.78. The minimum absolute atomic E-state index is 0. The van der Waals surface area contributed by atoms with Crippen molar-refractivity contribution < 1.29 is 13.2 Å². The van der Waals surface area contributed by atoms with Gasteiger partial charge in [0.05, 0.1) is 11.9 Å². The molecule has 1 saturated heterocycles. The molecule has 7 heteroatoms. The van der Waals surface area contributed by atoms with E-state index in [4.69, 9.17) is 10.5 Å². The molecule has 1 rings (SSSR count). The van der Waals surface area contributed by atoms with Gasteiger partial charge < -0.3 is 10.5 Å². The Morgan fingerprint density at radius 2 is 2.12 bits per heavy atom. The lowest BCUT2D eigenvalue weighted by Gasteiger charge is -2.37. The molecule has 1 aliphatic rings. The highest BCUT2D eigenvalue weighted by atomic mass is 35.5. The molecule has 2 atom stereocenters. The van der Waals surface area contributed by atoms with Crippen LogP contribution in [0.15, 0.2) is 0 Å². The first-order valence-electron chi connectivity index (χ1n) is 5.27. The standard InChI is InChI=1S/C9H20N2O3S.ClH/c1-3-15(12,13)11-5-4-9(14-2)6-8(11)7-10;/h8-9H,3-7,10H2,1-2H3;1H. The van der Waals surface area contributed by atoms with Crippen molar-refractivity contribution in [1.29, 1.82) is 0 Å². The summed E-state index contributed by atoms with van der Waals surface area (Å²) >= 11 is 0. The van der Waals surface area contributed by atoms with E-state index < -0.39 is 10.0 Å². The monoisotopic (exact) mass is 272 g/mol. The molecule has 1 fully saturated rings. The minimum Gasteiger partial charge on any atom is -0.381 e. The Morgan fingerprint density at radius 3 is 2.56 bits per heavy atom. The van der Waals surface area contributed by atoms with Crippen LogP contribution in [-0.2, 0) is 14.8 Å². The number of rotatable bonds is 4. The van der Waals surface area contributed by atoms with Crippen LogP contribution in [0.5, 0.6) is 0 Å². The normalized spacial score (nSPS) is 27.4. The summed E-state index contributed by atoms with van der Waals surface area (Å²) in [4.78, 5) is 0. The molecular weight excluding hydrogens is 252 g/mol. The van der Waals surface area contributed by atoms with Gasteiger partial charge in [0.2, 0.25) is 10.0 Å². The zero-order chi connectivity index (χ0) is 11.5. The molecular formula is C9H21ClN2O3S. The zero-order valence-electron chi connectivity index (χ0n) is 9.76. The molecule has 0 saturated carbocycles. The maximum atomic E-state index is 11.7. The largest absolute Gasteiger partial charge is 0.381 e. The Bertz CT molecular complexity index is 297. The number of ether oxygens (including phenoxy) is 1. The lowest BCUT2D eigenvalue weighted by molar-refractivity contribution is 0.0402. The van der Waals surface area contributed by atoms with Crippen molar-refractivity contribution >= 4 is 22.4 Å². The third-order valence-corrected chi connectivity index (χ3v) is 4.87. The van der Waals surface area contributed by atoms with Crippen LogP contribution in [0.2, 0.25) is 0 Å². The molecule has 0 aromatic carbocycles. The SMILES string of the molecule is CCS(=O)(=O)N1CCC(OC)CC1CN.Cl. The van der Waals surface area contributed by atoms with Crippen LogP contribution in [0.1, 0.15) is 19.8 Å². The molecule has 0 radical (unpaired) electrons. The Hall–Kier alpha value is 0.120. The molecule has 0 aromatic rings. The summed E-state index contributed by atoms with van der Waals surface area (Å²) in [5.41, 5.74) is 5.60. The average molecular weight is 273 g/mol. The number of piperidine rings is 1. The molecule has 5 nitrogen and oxygen atoms in total. The fraction of sp³-hybridized carbons (Fsp3) is 1.00. The van der Waals surface area contributed by atoms with Crippen molar-refractivity contribution in [3.05, 3.63) is 0 Å². The van der Waals surface area contributed by atoms with E-state index in [1.807, 2.05) is 0 Å². The zero-order valence-corrected chi connectivity index (χ0v) is 11.4. The highest BCUT2D eigenvalue weighted by molar-refractivity contribution is 7.89. The molecule has 2 unspecified atom stereocenters. The first kappa shape index (κ1) is 16.1. The summed E-state index contributed by atoms with van der Waals surface area (Å²) in [7, 11) is -1.46. The van der Waals surface area contributed by atoms with Crippen LogP contribution in [0.25, 0.3) is 0 Å². The van der Waals surface area contributed by atoms with Crippen LogP contribution in [-0.4, -0.2) is 50.8 Å². The van der Waals surface area contributed by atoms with Gasteiger partial charge in [0.25, 0.3) is 0 Å². The van der Waals surface area contributed by atoms with E-state index in [0.717, 1.165) is 6.42 Å². The lowest BCUT2D eigenvalue weighted by Crippen LogP contribution is -2.51. The highest BCUT2D eigenvalue weighted by Crippen LogP contribution is 2.22. The maximum Gasteiger partial charge on any atom is 0.214 e. The second-order valence-corrected chi connectivity index (χ2v) is 5.99. The van der Waals surface area contributed by atoms with E-state index in [9.17, 15) is 8.42 Å². The van der Waals surface area contributed by atoms with Gasteiger partial charge in [-0.1, -0.05) is 0 Å². The molecule has 16 heavy (non-hydrogen) atoms. The number of halogens is 1. The molecule has 0 aliphatic carbocycles. The Labute approximate surface area is 104 Å². The minimum atomic E-state index is -3.12. The third kappa shape index (κ3) is 3.56. The molecule has 0 bridgehead atoms. The third-order valence-electron chi connectivity index (χ3n) is 2.94. The second kappa shape index (κ2) is 6.76. The first-order chi connectivity index (χ1) is 7.05. The van der Waals surface area contributed by atoms with E-state index in [0.29, 0.717) is 19.5 Å². The molecule has 98 valence electrons. The van der Waals surface area contributed by atoms with Gasteiger partial charge in [-0.15, -0.1) is 12.4 Å². The van der Waals surface area contributed by atoms with Crippen LogP contribution in [0.4, 0.5) is 0 Å². The Morgan fingerprint density at radius 1 is 1.50 bits per heavy atom. The van der Waals surface area contributed by atoms with Gasteiger partial charge in [-0.3, -0.25) is 0 Å². The van der Waals surface area contributed by atoms with Crippen molar-refractivity contribution in [1.82, 2.24) is 4.31 Å². The van der Waals surface area contributed by atoms with Crippen LogP contribution in [0, 0.1) is 0 Å². The molecule has 0 spiro atoms. The number of hydrogen-bond donors (Lipinski definition) is 1. The smallest absolute Gasteiger partial charge is 0.214 e. The summed E-state index contributed by atoms with van der Waals surface area (Å²) in [5, 5.41) is 0. The average Bonchev–Trinajstić information content (AvgIpc) is 2.28. The number of sulfonamides is 1. The molecule has 1 heterocycles. The molecule has 0 aromatic heterocycles. The van der Waals surface area contributed by atoms with Crippen molar-refractivity contribution in [3.63, 3.8) is 0 Å². The van der Waals surface area contributed by atoms with Gasteiger partial charge in [0, 0.05) is 26.2 Å². The maximum absolute atomic E-state index is 11.7. The Balaban J connectivity index is 0.00000225. The van der Waals surface area contributed by atoms with Gasteiger partial charge in [-0.2, -0.15) is 4.31 Å². The van der Waals surface area contributed by atoms with Crippen molar-refractivity contribution in [2.24, 2.45) is 5.73 Å². The van der Waals surface area contributed by atoms with Gasteiger partial charge in [0.15, 0.2) is 0 Å². The summed E-state index contributed by atoms with van der Waals surface area (Å²) in [6.07, 6.45) is 1.60. The Kier molecular flexibility index (Phi) is 6.81. The fourth-order valence-electron chi connectivity index (χ4n) is 1.95. The molecule has 0 amide bonds. The predicted molar refractivity (Wildman–Crippen MR) is 66.3 cm³/mol. The van der Waals surface area contributed by atoms with Crippen LogP contribution in [0.3, 0.4) is 0 Å². The number of nitrogens with two attached hydrogens (primary N) is 1. The lowest BCUT2D eigenvalue weighted by atomic mass is 10.0. The molecule has 1 aliphatic heterocycles. The van der Waals surface area contributed by atoms with E-state index in [-0.39, 0.29) is 30.3 Å². The van der Waals surface area contributed by atoms with E-state index >= 15 is 0 Å². The van der Waals surface area contributed by atoms with Crippen molar-refractivity contribution in [2.75, 3.05) is 26.0 Å². The fourth-order valence-corrected chi connectivity index (χ4v) is 3.29.